The maximum atomic E-state index is 12.8. The predicted molar refractivity (Wildman–Crippen MR) is 107 cm³/mol. The lowest BCUT2D eigenvalue weighted by molar-refractivity contribution is -0.147. The molecule has 1 N–H and O–H groups in total. The molecule has 2 aromatic rings. The zero-order chi connectivity index (χ0) is 21.1. The van der Waals surface area contributed by atoms with Gasteiger partial charge in [0, 0.05) is 12.5 Å². The lowest BCUT2D eigenvalue weighted by atomic mass is 10.2. The van der Waals surface area contributed by atoms with E-state index in [1.165, 1.54) is 30.3 Å². The van der Waals surface area contributed by atoms with E-state index in [1.54, 1.807) is 32.2 Å². The lowest BCUT2D eigenvalue weighted by Crippen LogP contribution is -2.38. The fourth-order valence-corrected chi connectivity index (χ4v) is 2.28. The highest BCUT2D eigenvalue weighted by atomic mass is 19.1. The molecule has 0 aliphatic carbocycles. The van der Waals surface area contributed by atoms with Crippen molar-refractivity contribution in [2.45, 2.75) is 19.4 Å². The van der Waals surface area contributed by atoms with E-state index in [0.29, 0.717) is 18.8 Å². The monoisotopic (exact) mass is 401 g/mol. The second-order valence-corrected chi connectivity index (χ2v) is 6.16. The van der Waals surface area contributed by atoms with Crippen molar-refractivity contribution in [1.29, 1.82) is 0 Å². The fraction of sp³-hybridized carbons (Fsp3) is 0.273. The minimum Gasteiger partial charge on any atom is -0.497 e. The van der Waals surface area contributed by atoms with Crippen LogP contribution in [-0.4, -0.2) is 38.2 Å². The van der Waals surface area contributed by atoms with Crippen molar-refractivity contribution in [2.75, 3.05) is 20.3 Å². The average molecular weight is 401 g/mol. The molecule has 0 saturated heterocycles. The van der Waals surface area contributed by atoms with E-state index in [9.17, 15) is 14.0 Å². The van der Waals surface area contributed by atoms with Crippen LogP contribution < -0.4 is 14.8 Å². The van der Waals surface area contributed by atoms with E-state index in [0.717, 1.165) is 11.3 Å². The summed E-state index contributed by atoms with van der Waals surface area (Å²) in [6.07, 6.45) is 3.46. The van der Waals surface area contributed by atoms with Crippen LogP contribution in [0.2, 0.25) is 0 Å². The van der Waals surface area contributed by atoms with E-state index in [4.69, 9.17) is 14.2 Å². The van der Waals surface area contributed by atoms with E-state index < -0.39 is 17.9 Å². The maximum absolute atomic E-state index is 12.8. The minimum absolute atomic E-state index is 0.155. The van der Waals surface area contributed by atoms with Crippen molar-refractivity contribution < 1.29 is 28.2 Å². The Balaban J connectivity index is 1.64. The topological polar surface area (TPSA) is 73.9 Å². The lowest BCUT2D eigenvalue weighted by Gasteiger charge is -2.12. The molecule has 1 atom stereocenters. The van der Waals surface area contributed by atoms with Crippen LogP contribution in [0.4, 0.5) is 4.39 Å². The molecule has 154 valence electrons. The van der Waals surface area contributed by atoms with Crippen LogP contribution in [0.3, 0.4) is 0 Å². The summed E-state index contributed by atoms with van der Waals surface area (Å²) in [5.41, 5.74) is 0.831. The summed E-state index contributed by atoms with van der Waals surface area (Å²) in [5, 5.41) is 2.55. The Morgan fingerprint density at radius 3 is 2.34 bits per heavy atom. The van der Waals surface area contributed by atoms with E-state index in [2.05, 4.69) is 5.32 Å². The molecular formula is C22H24FNO5. The molecule has 0 aliphatic rings. The van der Waals surface area contributed by atoms with Gasteiger partial charge in [-0.05, 0) is 55.0 Å². The summed E-state index contributed by atoms with van der Waals surface area (Å²) in [6, 6.07) is 12.1. The SMILES string of the molecule is COc1ccc(C=CC(=O)NC(C)C(=O)OCCCOc2ccc(F)cc2)cc1. The van der Waals surface area contributed by atoms with Crippen molar-refractivity contribution in [3.05, 3.63) is 66.0 Å². The third-order valence-corrected chi connectivity index (χ3v) is 3.87. The molecule has 7 heteroatoms. The predicted octanol–water partition coefficient (Wildman–Crippen LogP) is 3.36. The molecule has 29 heavy (non-hydrogen) atoms. The van der Waals surface area contributed by atoms with Gasteiger partial charge in [-0.2, -0.15) is 0 Å². The quantitative estimate of drug-likeness (QED) is 0.375. The van der Waals surface area contributed by atoms with Gasteiger partial charge in [0.1, 0.15) is 23.4 Å². The Morgan fingerprint density at radius 2 is 1.69 bits per heavy atom. The Bertz CT molecular complexity index is 818. The Labute approximate surface area is 169 Å². The number of amides is 1. The first-order valence-electron chi connectivity index (χ1n) is 9.15. The Kier molecular flexibility index (Phi) is 8.69. The number of hydrogen-bond donors (Lipinski definition) is 1. The molecule has 0 aliphatic heterocycles. The smallest absolute Gasteiger partial charge is 0.328 e. The third kappa shape index (κ3) is 8.04. The molecule has 0 bridgehead atoms. The first-order chi connectivity index (χ1) is 14.0. The number of benzene rings is 2. The molecule has 0 spiro atoms. The van der Waals surface area contributed by atoms with Gasteiger partial charge in [0.25, 0.3) is 0 Å². The Hall–Kier alpha value is -3.35. The van der Waals surface area contributed by atoms with Crippen molar-refractivity contribution in [2.24, 2.45) is 0 Å². The zero-order valence-electron chi connectivity index (χ0n) is 16.4. The molecular weight excluding hydrogens is 377 g/mol. The normalized spacial score (nSPS) is 11.7. The summed E-state index contributed by atoms with van der Waals surface area (Å²) in [7, 11) is 1.58. The van der Waals surface area contributed by atoms with Crippen LogP contribution in [0.1, 0.15) is 18.9 Å². The van der Waals surface area contributed by atoms with Gasteiger partial charge in [-0.1, -0.05) is 12.1 Å². The van der Waals surface area contributed by atoms with Crippen LogP contribution in [0.15, 0.2) is 54.6 Å². The molecule has 0 heterocycles. The molecule has 2 aromatic carbocycles. The van der Waals surface area contributed by atoms with E-state index in [-0.39, 0.29) is 12.4 Å². The second kappa shape index (κ2) is 11.5. The van der Waals surface area contributed by atoms with Crippen LogP contribution in [0.5, 0.6) is 11.5 Å². The van der Waals surface area contributed by atoms with Crippen LogP contribution >= 0.6 is 0 Å². The van der Waals surface area contributed by atoms with Gasteiger partial charge >= 0.3 is 5.97 Å². The van der Waals surface area contributed by atoms with Gasteiger partial charge in [-0.25, -0.2) is 9.18 Å². The van der Waals surface area contributed by atoms with Crippen molar-refractivity contribution in [3.8, 4) is 11.5 Å². The van der Waals surface area contributed by atoms with Crippen LogP contribution in [0, 0.1) is 5.82 Å². The summed E-state index contributed by atoms with van der Waals surface area (Å²) < 4.78 is 28.4. The van der Waals surface area contributed by atoms with Gasteiger partial charge in [0.2, 0.25) is 5.91 Å². The average Bonchev–Trinajstić information content (AvgIpc) is 2.73. The maximum Gasteiger partial charge on any atom is 0.328 e. The summed E-state index contributed by atoms with van der Waals surface area (Å²) in [6.45, 7) is 2.03. The van der Waals surface area contributed by atoms with Crippen LogP contribution in [-0.2, 0) is 14.3 Å². The molecule has 6 nitrogen and oxygen atoms in total. The summed E-state index contributed by atoms with van der Waals surface area (Å²) >= 11 is 0. The molecule has 1 unspecified atom stereocenters. The number of carbonyl (C=O) groups excluding carboxylic acids is 2. The molecule has 1 amide bonds. The van der Waals surface area contributed by atoms with Crippen LogP contribution in [0.25, 0.3) is 6.08 Å². The molecule has 2 rings (SSSR count). The number of halogens is 1. The largest absolute Gasteiger partial charge is 0.497 e. The zero-order valence-corrected chi connectivity index (χ0v) is 16.4. The molecule has 0 saturated carbocycles. The number of hydrogen-bond acceptors (Lipinski definition) is 5. The fourth-order valence-electron chi connectivity index (χ4n) is 2.28. The number of rotatable bonds is 10. The second-order valence-electron chi connectivity index (χ2n) is 6.16. The highest BCUT2D eigenvalue weighted by Gasteiger charge is 2.15. The van der Waals surface area contributed by atoms with Gasteiger partial charge in [0.15, 0.2) is 0 Å². The molecule has 0 fully saturated rings. The highest BCUT2D eigenvalue weighted by Crippen LogP contribution is 2.12. The molecule has 0 radical (unpaired) electrons. The van der Waals surface area contributed by atoms with E-state index >= 15 is 0 Å². The number of nitrogens with one attached hydrogen (secondary N) is 1. The van der Waals surface area contributed by atoms with Crippen molar-refractivity contribution in [3.63, 3.8) is 0 Å². The number of ether oxygens (including phenoxy) is 3. The minimum atomic E-state index is -0.777. The van der Waals surface area contributed by atoms with Gasteiger partial charge in [-0.3, -0.25) is 4.79 Å². The number of carbonyl (C=O) groups is 2. The van der Waals surface area contributed by atoms with Gasteiger partial charge < -0.3 is 19.5 Å². The van der Waals surface area contributed by atoms with Crippen molar-refractivity contribution >= 4 is 18.0 Å². The summed E-state index contributed by atoms with van der Waals surface area (Å²) in [4.78, 5) is 23.9. The summed E-state index contributed by atoms with van der Waals surface area (Å²) in [5.74, 6) is 0.0112. The molecule has 0 aromatic heterocycles. The van der Waals surface area contributed by atoms with Gasteiger partial charge in [-0.15, -0.1) is 0 Å². The number of esters is 1. The first kappa shape index (κ1) is 21.9. The highest BCUT2D eigenvalue weighted by molar-refractivity contribution is 5.94. The third-order valence-electron chi connectivity index (χ3n) is 3.87. The van der Waals surface area contributed by atoms with E-state index in [1.807, 2.05) is 12.1 Å². The van der Waals surface area contributed by atoms with Gasteiger partial charge in [0.05, 0.1) is 20.3 Å². The number of methoxy groups -OCH3 is 1. The van der Waals surface area contributed by atoms with Crippen molar-refractivity contribution in [1.82, 2.24) is 5.32 Å². The first-order valence-corrected chi connectivity index (χ1v) is 9.15. The Morgan fingerprint density at radius 1 is 1.03 bits per heavy atom. The standard InChI is InChI=1S/C22H24FNO5/c1-16(24-21(25)13-6-17-4-9-19(27-2)10-5-17)22(26)29-15-3-14-28-20-11-7-18(23)8-12-20/h4-13,16H,3,14-15H2,1-2H3,(H,24,25).